The minimum atomic E-state index is -0.685. The molecule has 0 saturated carbocycles. The van der Waals surface area contributed by atoms with Crippen LogP contribution >= 0.6 is 0 Å². The molecule has 0 aromatic carbocycles. The Hall–Kier alpha value is -0.0157. The van der Waals surface area contributed by atoms with Crippen molar-refractivity contribution in [1.82, 2.24) is 0 Å². The smallest absolute Gasteiger partial charge is 1.00 e. The molecule has 0 amide bonds. The van der Waals surface area contributed by atoms with Crippen LogP contribution in [0.4, 0.5) is 0 Å². The van der Waals surface area contributed by atoms with Crippen LogP contribution in [0, 0.1) is 5.92 Å². The maximum Gasteiger partial charge on any atom is -1.00 e. The molecule has 0 N–H and O–H groups in total. The summed E-state index contributed by atoms with van der Waals surface area (Å²) in [7, 11) is 0. The Labute approximate surface area is 155 Å². The maximum absolute atomic E-state index is 11.3. The summed E-state index contributed by atoms with van der Waals surface area (Å²) < 4.78 is 6.01. The largest absolute Gasteiger partial charge is 1.00 e. The SMILES string of the molecule is C=CC(=O)[O][Ti+2][CH]1CCCC2=C1C(C)C1=C2CCCC1.[Cl-].[Cl-]. The molecule has 0 spiro atoms. The Bertz CT molecular complexity index is 511. The fourth-order valence-corrected chi connectivity index (χ4v) is 6.01. The predicted octanol–water partition coefficient (Wildman–Crippen LogP) is -1.49. The van der Waals surface area contributed by atoms with E-state index in [4.69, 9.17) is 3.32 Å². The van der Waals surface area contributed by atoms with Gasteiger partial charge in [0, 0.05) is 0 Å². The first-order chi connectivity index (χ1) is 9.72. The average Bonchev–Trinajstić information content (AvgIpc) is 2.79. The van der Waals surface area contributed by atoms with Crippen molar-refractivity contribution in [2.75, 3.05) is 0 Å². The molecule has 0 bridgehead atoms. The second-order valence-electron chi connectivity index (χ2n) is 6.05. The van der Waals surface area contributed by atoms with Crippen molar-refractivity contribution in [1.29, 1.82) is 0 Å². The van der Waals surface area contributed by atoms with Crippen molar-refractivity contribution in [3.8, 4) is 0 Å². The van der Waals surface area contributed by atoms with E-state index in [0.717, 1.165) is 0 Å². The van der Waals surface area contributed by atoms with E-state index in [2.05, 4.69) is 13.5 Å². The van der Waals surface area contributed by atoms with Crippen LogP contribution in [0.2, 0.25) is 4.22 Å². The van der Waals surface area contributed by atoms with E-state index < -0.39 is 19.5 Å². The molecule has 2 nitrogen and oxygen atoms in total. The minimum absolute atomic E-state index is 0. The van der Waals surface area contributed by atoms with Gasteiger partial charge in [-0.05, 0) is 0 Å². The van der Waals surface area contributed by atoms with Crippen LogP contribution in [-0.4, -0.2) is 5.97 Å². The van der Waals surface area contributed by atoms with Crippen LogP contribution in [0.25, 0.3) is 0 Å². The number of hydrogen-bond donors (Lipinski definition) is 0. The zero-order valence-corrected chi connectivity index (χ0v) is 16.0. The van der Waals surface area contributed by atoms with Crippen LogP contribution in [-0.2, 0) is 27.7 Å². The number of fused-ring (bicyclic) bond motifs is 1. The molecule has 0 radical (unpaired) electrons. The van der Waals surface area contributed by atoms with Gasteiger partial charge in [-0.3, -0.25) is 0 Å². The van der Waals surface area contributed by atoms with Gasteiger partial charge in [0.2, 0.25) is 0 Å². The summed E-state index contributed by atoms with van der Waals surface area (Å²) in [5, 5.41) is 0. The van der Waals surface area contributed by atoms with Gasteiger partial charge in [-0.1, -0.05) is 0 Å². The summed E-state index contributed by atoms with van der Waals surface area (Å²) in [5.41, 5.74) is 6.74. The van der Waals surface area contributed by atoms with E-state index in [-0.39, 0.29) is 30.8 Å². The third kappa shape index (κ3) is 3.72. The fraction of sp³-hybridized carbons (Fsp3) is 0.588. The molecule has 5 heteroatoms. The first kappa shape index (κ1) is 20.0. The number of allylic oxidation sites excluding steroid dienone is 4. The standard InChI is InChI=1S/C14H19.C3H4O2.2ClH.Ti/c1-10-11-6-2-4-8-13(11)14-9-5-3-7-12(10)14;1-2-3(4)5;;;/h6,10H,2-5,7-9H2,1H3;2H,1H2,(H,4,5);2*1H;/q;;;;+3/p-3. The molecule has 0 aliphatic heterocycles. The third-order valence-electron chi connectivity index (χ3n) is 4.98. The van der Waals surface area contributed by atoms with E-state index in [0.29, 0.717) is 10.1 Å². The second kappa shape index (κ2) is 8.73. The van der Waals surface area contributed by atoms with Gasteiger partial charge in [-0.15, -0.1) is 0 Å². The number of carbonyl (C=O) groups is 1. The van der Waals surface area contributed by atoms with Crippen LogP contribution < -0.4 is 24.8 Å². The molecule has 0 heterocycles. The summed E-state index contributed by atoms with van der Waals surface area (Å²) in [4.78, 5) is 11.3. The van der Waals surface area contributed by atoms with Crippen molar-refractivity contribution in [3.63, 3.8) is 0 Å². The number of carbonyl (C=O) groups excluding carboxylic acids is 1. The third-order valence-corrected chi connectivity index (χ3v) is 6.85. The molecule has 0 aromatic rings. The Morgan fingerprint density at radius 3 is 2.59 bits per heavy atom. The quantitative estimate of drug-likeness (QED) is 0.443. The zero-order chi connectivity index (χ0) is 14.1. The minimum Gasteiger partial charge on any atom is -1.00 e. The van der Waals surface area contributed by atoms with E-state index in [9.17, 15) is 4.79 Å². The second-order valence-corrected chi connectivity index (χ2v) is 7.83. The maximum atomic E-state index is 11.3. The Morgan fingerprint density at radius 1 is 1.18 bits per heavy atom. The molecule has 0 fully saturated rings. The number of halogens is 2. The van der Waals surface area contributed by atoms with E-state index >= 15 is 0 Å². The molecule has 2 unspecified atom stereocenters. The van der Waals surface area contributed by atoms with Crippen LogP contribution in [0.1, 0.15) is 51.9 Å². The number of hydrogen-bond acceptors (Lipinski definition) is 2. The van der Waals surface area contributed by atoms with Crippen molar-refractivity contribution in [2.45, 2.75) is 56.1 Å². The molecule has 3 rings (SSSR count). The first-order valence-electron chi connectivity index (χ1n) is 7.76. The van der Waals surface area contributed by atoms with Gasteiger partial charge in [0.1, 0.15) is 0 Å². The average molecular weight is 377 g/mol. The Kier molecular flexibility index (Phi) is 7.95. The van der Waals surface area contributed by atoms with Crippen LogP contribution in [0.3, 0.4) is 0 Å². The molecular weight excluding hydrogens is 355 g/mol. The summed E-state index contributed by atoms with van der Waals surface area (Å²) in [6, 6.07) is 0. The van der Waals surface area contributed by atoms with Crippen molar-refractivity contribution in [2.24, 2.45) is 5.92 Å². The van der Waals surface area contributed by atoms with E-state index in [1.165, 1.54) is 51.0 Å². The predicted molar refractivity (Wildman–Crippen MR) is 75.6 cm³/mol. The monoisotopic (exact) mass is 376 g/mol. The van der Waals surface area contributed by atoms with Gasteiger partial charge >= 0.3 is 131 Å². The first-order valence-corrected chi connectivity index (χ1v) is 9.30. The number of rotatable bonds is 3. The summed E-state index contributed by atoms with van der Waals surface area (Å²) in [6.45, 7) is 5.87. The molecular formula is C17H22Cl2O2Ti. The zero-order valence-electron chi connectivity index (χ0n) is 13.0. The van der Waals surface area contributed by atoms with E-state index in [1.807, 2.05) is 0 Å². The van der Waals surface area contributed by atoms with Gasteiger partial charge in [0.25, 0.3) is 0 Å². The van der Waals surface area contributed by atoms with Crippen molar-refractivity contribution >= 4 is 5.97 Å². The van der Waals surface area contributed by atoms with Gasteiger partial charge < -0.3 is 24.8 Å². The fourth-order valence-electron chi connectivity index (χ4n) is 4.11. The molecule has 3 aliphatic carbocycles. The van der Waals surface area contributed by atoms with Crippen LogP contribution in [0.15, 0.2) is 34.9 Å². The van der Waals surface area contributed by atoms with Gasteiger partial charge in [0.15, 0.2) is 0 Å². The van der Waals surface area contributed by atoms with Crippen molar-refractivity contribution in [3.05, 3.63) is 34.9 Å². The normalized spacial score (nSPS) is 26.0. The molecule has 2 atom stereocenters. The topological polar surface area (TPSA) is 26.3 Å². The molecule has 3 aliphatic rings. The van der Waals surface area contributed by atoms with Gasteiger partial charge in [0.05, 0.1) is 0 Å². The van der Waals surface area contributed by atoms with Gasteiger partial charge in [-0.2, -0.15) is 0 Å². The summed E-state index contributed by atoms with van der Waals surface area (Å²) >= 11 is -0.685. The summed E-state index contributed by atoms with van der Waals surface area (Å²) in [5.74, 6) is 0.387. The molecule has 0 saturated heterocycles. The van der Waals surface area contributed by atoms with Crippen molar-refractivity contribution < 1.29 is 52.5 Å². The van der Waals surface area contributed by atoms with Crippen LogP contribution in [0.5, 0.6) is 0 Å². The summed E-state index contributed by atoms with van der Waals surface area (Å²) in [6.07, 6.45) is 10.3. The molecule has 0 aromatic heterocycles. The Balaban J connectivity index is 0.00000121. The van der Waals surface area contributed by atoms with Gasteiger partial charge in [-0.25, -0.2) is 0 Å². The molecule has 22 heavy (non-hydrogen) atoms. The van der Waals surface area contributed by atoms with E-state index in [1.54, 1.807) is 22.3 Å². The molecule has 120 valence electrons. The Morgan fingerprint density at radius 2 is 1.86 bits per heavy atom.